The molecule has 68 heavy (non-hydrogen) atoms. The van der Waals surface area contributed by atoms with Crippen molar-refractivity contribution < 1.29 is 5.11 Å². The molecule has 0 spiro atoms. The smallest absolute Gasteiger partial charge is 0.144 e. The third-order valence-electron chi connectivity index (χ3n) is 13.0. The summed E-state index contributed by atoms with van der Waals surface area (Å²) in [5, 5.41) is 14.5. The SMILES string of the molecule is [B]c1c([B])c([B])c(-c2cccc(-c3c4ccccc4c(-c4ccccc4-n4c(-c5c([B])c([B])c([B])c(O)c5[B])nc5ccccc54)c4ccc(-c5c([B])c([B])c([B])c([B])c5[B])cc34)c2)c([B])c1[B]. The molecule has 10 rings (SSSR count). The minimum Gasteiger partial charge on any atom is -0.509 e. The molecule has 0 aliphatic carbocycles. The van der Waals surface area contributed by atoms with Crippen molar-refractivity contribution in [3.05, 3.63) is 115 Å². The number of hydrogen-bond acceptors (Lipinski definition) is 2. The predicted molar refractivity (Wildman–Crippen MR) is 300 cm³/mol. The van der Waals surface area contributed by atoms with Crippen LogP contribution in [0.2, 0.25) is 0 Å². The van der Waals surface area contributed by atoms with Gasteiger partial charge in [0.15, 0.2) is 0 Å². The number of aromatic hydroxyl groups is 1. The van der Waals surface area contributed by atoms with Crippen molar-refractivity contribution in [1.82, 2.24) is 9.55 Å². The molecule has 9 aromatic carbocycles. The standard InChI is InChI=1S/C51H20B14N2O/c52-36-32(37(53)43(59)47(63)42(36)58)21-9-7-8-20(18-21)31-23-10-1-2-11-24(23)34(25-17-16-22(19-27(25)31)33-38(54)44(60)48(64)45(61)39(33)55)26-12-3-5-14-29(26)67-30-15-6-4-13-28(30)66-51(67)35-40(56)46(62)49(65)50(68)41(35)57/h1-19,68H. The lowest BCUT2D eigenvalue weighted by Crippen LogP contribution is -2.55. The van der Waals surface area contributed by atoms with E-state index in [-0.39, 0.29) is 82.0 Å². The van der Waals surface area contributed by atoms with Gasteiger partial charge in [0, 0.05) is 11.1 Å². The summed E-state index contributed by atoms with van der Waals surface area (Å²) in [5.41, 5.74) is 9.02. The zero-order valence-electron chi connectivity index (χ0n) is 36.4. The van der Waals surface area contributed by atoms with Crippen LogP contribution in [-0.2, 0) is 0 Å². The second-order valence-corrected chi connectivity index (χ2v) is 16.7. The molecule has 17 heteroatoms. The van der Waals surface area contributed by atoms with E-state index in [0.717, 1.165) is 49.3 Å². The number of hydrogen-bond donors (Lipinski definition) is 1. The van der Waals surface area contributed by atoms with Crippen LogP contribution in [0.4, 0.5) is 0 Å². The number of imidazole rings is 1. The van der Waals surface area contributed by atoms with Gasteiger partial charge in [-0.25, -0.2) is 4.98 Å². The normalized spacial score (nSPS) is 11.5. The van der Waals surface area contributed by atoms with E-state index in [9.17, 15) is 5.11 Å². The third kappa shape index (κ3) is 6.81. The number of aromatic nitrogens is 2. The van der Waals surface area contributed by atoms with Gasteiger partial charge in [0.05, 0.1) is 16.7 Å². The second-order valence-electron chi connectivity index (χ2n) is 16.7. The first kappa shape index (κ1) is 45.5. The number of nitrogens with zero attached hydrogens (tertiary/aromatic N) is 2. The third-order valence-corrected chi connectivity index (χ3v) is 13.0. The van der Waals surface area contributed by atoms with Gasteiger partial charge in [0.1, 0.15) is 121 Å². The molecular weight excluding hydrogens is 808 g/mol. The summed E-state index contributed by atoms with van der Waals surface area (Å²) in [6, 6.07) is 37.3. The van der Waals surface area contributed by atoms with Crippen molar-refractivity contribution in [2.75, 3.05) is 0 Å². The maximum atomic E-state index is 11.1. The second kappa shape index (κ2) is 17.0. The van der Waals surface area contributed by atoms with Crippen LogP contribution in [0, 0.1) is 0 Å². The molecule has 28 radical (unpaired) electrons. The van der Waals surface area contributed by atoms with E-state index < -0.39 is 5.75 Å². The van der Waals surface area contributed by atoms with Crippen LogP contribution in [0.1, 0.15) is 0 Å². The van der Waals surface area contributed by atoms with Gasteiger partial charge in [-0.3, -0.25) is 4.57 Å². The molecule has 1 aromatic heterocycles. The van der Waals surface area contributed by atoms with Gasteiger partial charge in [-0.1, -0.05) is 118 Å². The first-order chi connectivity index (χ1) is 32.5. The lowest BCUT2D eigenvalue weighted by atomic mass is 9.59. The van der Waals surface area contributed by atoms with Gasteiger partial charge in [-0.15, -0.1) is 38.2 Å². The quantitative estimate of drug-likeness (QED) is 0.140. The predicted octanol–water partition coefficient (Wildman–Crippen LogP) is -3.51. The molecule has 0 aliphatic rings. The van der Waals surface area contributed by atoms with Crippen molar-refractivity contribution in [2.24, 2.45) is 0 Å². The zero-order valence-corrected chi connectivity index (χ0v) is 36.4. The summed E-state index contributed by atoms with van der Waals surface area (Å²) in [4.78, 5) is 5.05. The molecule has 0 fully saturated rings. The maximum absolute atomic E-state index is 11.1. The van der Waals surface area contributed by atoms with Crippen LogP contribution in [-0.4, -0.2) is 125 Å². The topological polar surface area (TPSA) is 38.0 Å². The molecule has 0 atom stereocenters. The van der Waals surface area contributed by atoms with Crippen molar-refractivity contribution in [2.45, 2.75) is 0 Å². The highest BCUT2D eigenvalue weighted by Crippen LogP contribution is 2.47. The van der Waals surface area contributed by atoms with Crippen LogP contribution < -0.4 is 76.5 Å². The largest absolute Gasteiger partial charge is 0.509 e. The maximum Gasteiger partial charge on any atom is 0.144 e. The van der Waals surface area contributed by atoms with Crippen LogP contribution in [0.15, 0.2) is 115 Å². The number of phenolic OH excluding ortho intramolecular Hbond substituents is 1. The minimum absolute atomic E-state index is 0.0226. The fourth-order valence-electron chi connectivity index (χ4n) is 9.46. The highest BCUT2D eigenvalue weighted by Gasteiger charge is 2.26. The molecule has 0 saturated carbocycles. The Morgan fingerprint density at radius 3 is 1.41 bits per heavy atom. The Labute approximate surface area is 413 Å². The Bertz CT molecular complexity index is 3740. The molecule has 10 aromatic rings. The van der Waals surface area contributed by atoms with Crippen molar-refractivity contribution in [3.8, 4) is 67.3 Å². The van der Waals surface area contributed by atoms with E-state index in [0.29, 0.717) is 39.3 Å². The summed E-state index contributed by atoms with van der Waals surface area (Å²) in [6.07, 6.45) is 0. The van der Waals surface area contributed by atoms with E-state index in [1.165, 1.54) is 0 Å². The molecule has 3 nitrogen and oxygen atoms in total. The molecule has 0 saturated heterocycles. The number of fused-ring (bicyclic) bond motifs is 3. The molecule has 0 bridgehead atoms. The Kier molecular flexibility index (Phi) is 11.4. The van der Waals surface area contributed by atoms with Gasteiger partial charge in [0.2, 0.25) is 0 Å². The summed E-state index contributed by atoms with van der Waals surface area (Å²) >= 11 is 0. The van der Waals surface area contributed by atoms with Crippen molar-refractivity contribution in [3.63, 3.8) is 0 Å². The van der Waals surface area contributed by atoms with E-state index in [1.54, 1.807) is 0 Å². The Morgan fingerprint density at radius 1 is 0.338 bits per heavy atom. The summed E-state index contributed by atoms with van der Waals surface area (Å²) in [7, 11) is 90.6. The molecule has 282 valence electrons. The summed E-state index contributed by atoms with van der Waals surface area (Å²) in [5.74, 6) is -0.0717. The zero-order chi connectivity index (χ0) is 48.2. The van der Waals surface area contributed by atoms with E-state index in [4.69, 9.17) is 115 Å². The molecule has 0 amide bonds. The highest BCUT2D eigenvalue weighted by atomic mass is 16.3. The van der Waals surface area contributed by atoms with Gasteiger partial charge < -0.3 is 5.11 Å². The molecule has 0 aliphatic heterocycles. The number of rotatable bonds is 6. The van der Waals surface area contributed by atoms with E-state index >= 15 is 0 Å². The van der Waals surface area contributed by atoms with E-state index in [2.05, 4.69) is 12.1 Å². The highest BCUT2D eigenvalue weighted by molar-refractivity contribution is 6.70. The Balaban J connectivity index is 1.34. The Morgan fingerprint density at radius 2 is 0.794 bits per heavy atom. The lowest BCUT2D eigenvalue weighted by molar-refractivity contribution is 0.484. The van der Waals surface area contributed by atoms with Crippen LogP contribution in [0.25, 0.3) is 94.2 Å². The first-order valence-corrected chi connectivity index (χ1v) is 21.2. The van der Waals surface area contributed by atoms with Crippen molar-refractivity contribution in [1.29, 1.82) is 0 Å². The summed E-state index contributed by atoms with van der Waals surface area (Å²) in [6.45, 7) is 0. The van der Waals surface area contributed by atoms with Crippen molar-refractivity contribution >= 4 is 219 Å². The fourth-order valence-corrected chi connectivity index (χ4v) is 9.46. The Hall–Kier alpha value is -6.32. The average molecular weight is 828 g/mol. The van der Waals surface area contributed by atoms with Crippen LogP contribution in [0.3, 0.4) is 0 Å². The molecule has 0 unspecified atom stereocenters. The minimum atomic E-state index is -0.398. The van der Waals surface area contributed by atoms with Gasteiger partial charge >= 0.3 is 0 Å². The lowest BCUT2D eigenvalue weighted by Gasteiger charge is -2.24. The summed E-state index contributed by atoms with van der Waals surface area (Å²) < 4.78 is 1.95. The van der Waals surface area contributed by atoms with Crippen LogP contribution in [0.5, 0.6) is 5.75 Å². The van der Waals surface area contributed by atoms with Gasteiger partial charge in [0.25, 0.3) is 0 Å². The number of para-hydroxylation sites is 3. The fraction of sp³-hybridized carbons (Fsp3) is 0. The number of benzene rings is 9. The average Bonchev–Trinajstić information content (AvgIpc) is 3.73. The molecule has 1 heterocycles. The van der Waals surface area contributed by atoms with E-state index in [1.807, 2.05) is 108 Å². The van der Waals surface area contributed by atoms with Gasteiger partial charge in [-0.2, -0.15) is 0 Å². The molecule has 1 N–H and O–H groups in total. The monoisotopic (exact) mass is 830 g/mol. The van der Waals surface area contributed by atoms with Gasteiger partial charge in [-0.05, 0) is 96.3 Å². The first-order valence-electron chi connectivity index (χ1n) is 21.2. The number of phenols is 1. The molecular formula is C51H20B14N2O. The van der Waals surface area contributed by atoms with Crippen LogP contribution >= 0.6 is 0 Å².